The maximum Gasteiger partial charge on any atom is 0.193 e. The molecule has 0 saturated carbocycles. The summed E-state index contributed by atoms with van der Waals surface area (Å²) in [4.78, 5) is 12.4. The number of ether oxygens (including phenoxy) is 1. The number of hydrogen-bond acceptors (Lipinski definition) is 2. The topological polar surface area (TPSA) is 26.3 Å². The molecule has 0 spiro atoms. The zero-order valence-electron chi connectivity index (χ0n) is 13.0. The highest BCUT2D eigenvalue weighted by Gasteiger charge is 2.16. The second-order valence-corrected chi connectivity index (χ2v) is 12.9. The SMILES string of the molecule is C[Si](C)(Cl)CCCOc1cccc(C(=O)c2ccccc2)c1. The van der Waals surface area contributed by atoms with Crippen LogP contribution in [0.4, 0.5) is 0 Å². The number of rotatable bonds is 7. The van der Waals surface area contributed by atoms with Crippen molar-refractivity contribution in [2.45, 2.75) is 25.6 Å². The van der Waals surface area contributed by atoms with E-state index in [0.717, 1.165) is 18.2 Å². The van der Waals surface area contributed by atoms with Gasteiger partial charge in [-0.05, 0) is 24.6 Å². The molecule has 2 rings (SSSR count). The quantitative estimate of drug-likeness (QED) is 0.304. The molecule has 0 atom stereocenters. The summed E-state index contributed by atoms with van der Waals surface area (Å²) in [7, 11) is -1.53. The fourth-order valence-electron chi connectivity index (χ4n) is 2.17. The minimum atomic E-state index is -1.53. The molecular weight excluding hydrogens is 312 g/mol. The monoisotopic (exact) mass is 332 g/mol. The van der Waals surface area contributed by atoms with E-state index >= 15 is 0 Å². The Hall–Kier alpha value is -1.58. The molecule has 0 saturated heterocycles. The summed E-state index contributed by atoms with van der Waals surface area (Å²) in [6.07, 6.45) is 0.944. The average molecular weight is 333 g/mol. The summed E-state index contributed by atoms with van der Waals surface area (Å²) in [6, 6.07) is 17.7. The highest BCUT2D eigenvalue weighted by atomic mass is 35.6. The molecule has 0 unspecified atom stereocenters. The van der Waals surface area contributed by atoms with Crippen molar-refractivity contribution in [2.75, 3.05) is 6.61 Å². The maximum atomic E-state index is 12.4. The first-order chi connectivity index (χ1) is 10.5. The van der Waals surface area contributed by atoms with E-state index in [-0.39, 0.29) is 5.78 Å². The Kier molecular flexibility index (Phi) is 5.81. The molecule has 0 N–H and O–H groups in total. The minimum Gasteiger partial charge on any atom is -0.494 e. The van der Waals surface area contributed by atoms with Crippen LogP contribution in [0.2, 0.25) is 19.1 Å². The smallest absolute Gasteiger partial charge is 0.193 e. The van der Waals surface area contributed by atoms with E-state index in [0.29, 0.717) is 17.7 Å². The molecule has 0 aliphatic carbocycles. The van der Waals surface area contributed by atoms with Gasteiger partial charge in [0.15, 0.2) is 13.2 Å². The van der Waals surface area contributed by atoms with Crippen molar-refractivity contribution >= 4 is 24.2 Å². The molecule has 0 aliphatic rings. The van der Waals surface area contributed by atoms with Crippen LogP contribution in [0.25, 0.3) is 0 Å². The molecular formula is C18H21ClO2Si. The highest BCUT2D eigenvalue weighted by Crippen LogP contribution is 2.19. The second-order valence-electron chi connectivity index (χ2n) is 5.89. The Balaban J connectivity index is 1.97. The first-order valence-electron chi connectivity index (χ1n) is 7.47. The summed E-state index contributed by atoms with van der Waals surface area (Å²) in [5, 5.41) is 0. The van der Waals surface area contributed by atoms with Crippen LogP contribution in [-0.2, 0) is 0 Å². The lowest BCUT2D eigenvalue weighted by molar-refractivity contribution is 0.103. The summed E-state index contributed by atoms with van der Waals surface area (Å²) in [6.45, 7) is 4.90. The Bertz CT molecular complexity index is 620. The fourth-order valence-corrected chi connectivity index (χ4v) is 3.55. The lowest BCUT2D eigenvalue weighted by atomic mass is 10.0. The number of ketones is 1. The second kappa shape index (κ2) is 7.61. The van der Waals surface area contributed by atoms with E-state index in [4.69, 9.17) is 15.8 Å². The van der Waals surface area contributed by atoms with Crippen LogP contribution in [-0.4, -0.2) is 19.8 Å². The van der Waals surface area contributed by atoms with Crippen molar-refractivity contribution in [3.05, 3.63) is 65.7 Å². The number of carbonyl (C=O) groups excluding carboxylic acids is 1. The van der Waals surface area contributed by atoms with Gasteiger partial charge in [0.2, 0.25) is 0 Å². The van der Waals surface area contributed by atoms with Crippen LogP contribution in [0.15, 0.2) is 54.6 Å². The summed E-state index contributed by atoms with van der Waals surface area (Å²) in [5.41, 5.74) is 1.34. The molecule has 0 radical (unpaired) electrons. The van der Waals surface area contributed by atoms with Gasteiger partial charge < -0.3 is 4.74 Å². The van der Waals surface area contributed by atoms with E-state index in [1.807, 2.05) is 48.5 Å². The van der Waals surface area contributed by atoms with Gasteiger partial charge in [-0.1, -0.05) is 55.6 Å². The van der Waals surface area contributed by atoms with Gasteiger partial charge in [-0.15, -0.1) is 0 Å². The average Bonchev–Trinajstić information content (AvgIpc) is 2.51. The van der Waals surface area contributed by atoms with E-state index in [1.165, 1.54) is 0 Å². The Morgan fingerprint density at radius 1 is 1.05 bits per heavy atom. The molecule has 0 aliphatic heterocycles. The van der Waals surface area contributed by atoms with Crippen molar-refractivity contribution in [1.82, 2.24) is 0 Å². The molecule has 22 heavy (non-hydrogen) atoms. The van der Waals surface area contributed by atoms with Crippen LogP contribution in [0.5, 0.6) is 5.75 Å². The van der Waals surface area contributed by atoms with Crippen molar-refractivity contribution < 1.29 is 9.53 Å². The lowest BCUT2D eigenvalue weighted by Crippen LogP contribution is -2.16. The molecule has 0 aromatic heterocycles. The van der Waals surface area contributed by atoms with Crippen molar-refractivity contribution in [3.8, 4) is 5.75 Å². The van der Waals surface area contributed by atoms with Crippen LogP contribution < -0.4 is 4.74 Å². The number of benzene rings is 2. The molecule has 2 aromatic rings. The standard InChI is InChI=1S/C18H21ClO2Si/c1-22(2,19)13-7-12-21-17-11-6-10-16(14-17)18(20)15-8-4-3-5-9-15/h3-6,8-11,14H,7,12-13H2,1-2H3. The Morgan fingerprint density at radius 3 is 2.41 bits per heavy atom. The molecule has 2 aromatic carbocycles. The Labute approximate surface area is 137 Å². The summed E-state index contributed by atoms with van der Waals surface area (Å²) >= 11 is 6.29. The molecule has 2 nitrogen and oxygen atoms in total. The third-order valence-electron chi connectivity index (χ3n) is 3.32. The van der Waals surface area contributed by atoms with Crippen molar-refractivity contribution in [2.24, 2.45) is 0 Å². The molecule has 4 heteroatoms. The molecule has 0 heterocycles. The van der Waals surface area contributed by atoms with Crippen molar-refractivity contribution in [1.29, 1.82) is 0 Å². The molecule has 0 fully saturated rings. The van der Waals surface area contributed by atoms with Crippen LogP contribution in [0.3, 0.4) is 0 Å². The van der Waals surface area contributed by atoms with Gasteiger partial charge in [0.25, 0.3) is 0 Å². The van der Waals surface area contributed by atoms with Gasteiger partial charge >= 0.3 is 0 Å². The van der Waals surface area contributed by atoms with Crippen molar-refractivity contribution in [3.63, 3.8) is 0 Å². The summed E-state index contributed by atoms with van der Waals surface area (Å²) < 4.78 is 5.74. The van der Waals surface area contributed by atoms with Gasteiger partial charge in [0.1, 0.15) is 5.75 Å². The van der Waals surface area contributed by atoms with Gasteiger partial charge in [-0.2, -0.15) is 11.1 Å². The zero-order chi connectivity index (χ0) is 16.0. The fraction of sp³-hybridized carbons (Fsp3) is 0.278. The Morgan fingerprint density at radius 2 is 1.73 bits per heavy atom. The minimum absolute atomic E-state index is 0.0142. The third kappa shape index (κ3) is 5.32. The van der Waals surface area contributed by atoms with Crippen LogP contribution in [0.1, 0.15) is 22.3 Å². The predicted molar refractivity (Wildman–Crippen MR) is 94.6 cm³/mol. The number of halogens is 1. The first-order valence-corrected chi connectivity index (χ1v) is 11.7. The van der Waals surface area contributed by atoms with Crippen LogP contribution >= 0.6 is 11.1 Å². The van der Waals surface area contributed by atoms with Gasteiger partial charge in [-0.3, -0.25) is 4.79 Å². The number of carbonyl (C=O) groups is 1. The van der Waals surface area contributed by atoms with Gasteiger partial charge in [0, 0.05) is 11.1 Å². The third-order valence-corrected chi connectivity index (χ3v) is 5.43. The molecule has 0 amide bonds. The lowest BCUT2D eigenvalue weighted by Gasteiger charge is -2.13. The predicted octanol–water partition coefficient (Wildman–Crippen LogP) is 5.13. The van der Waals surface area contributed by atoms with Gasteiger partial charge in [0.05, 0.1) is 6.61 Å². The normalized spacial score (nSPS) is 11.2. The zero-order valence-corrected chi connectivity index (χ0v) is 14.8. The van der Waals surface area contributed by atoms with E-state index < -0.39 is 7.38 Å². The largest absolute Gasteiger partial charge is 0.494 e. The highest BCUT2D eigenvalue weighted by molar-refractivity contribution is 7.19. The van der Waals surface area contributed by atoms with E-state index in [9.17, 15) is 4.79 Å². The number of hydrogen-bond donors (Lipinski definition) is 0. The molecule has 116 valence electrons. The van der Waals surface area contributed by atoms with E-state index in [1.54, 1.807) is 6.07 Å². The van der Waals surface area contributed by atoms with Gasteiger partial charge in [-0.25, -0.2) is 0 Å². The molecule has 0 bridgehead atoms. The van der Waals surface area contributed by atoms with E-state index in [2.05, 4.69) is 13.1 Å². The summed E-state index contributed by atoms with van der Waals surface area (Å²) in [5.74, 6) is 0.746. The maximum absolute atomic E-state index is 12.4. The first kappa shape index (κ1) is 16.8. The van der Waals surface area contributed by atoms with Crippen LogP contribution in [0, 0.1) is 0 Å².